The Morgan fingerprint density at radius 2 is 1.92 bits per heavy atom. The predicted octanol–water partition coefficient (Wildman–Crippen LogP) is 1.91. The topological polar surface area (TPSA) is 37.3 Å². The summed E-state index contributed by atoms with van der Waals surface area (Å²) in [5.41, 5.74) is -0.354. The summed E-state index contributed by atoms with van der Waals surface area (Å²) >= 11 is 0. The maximum absolute atomic E-state index is 11.6. The van der Waals surface area contributed by atoms with Gasteiger partial charge in [0.2, 0.25) is 0 Å². The summed E-state index contributed by atoms with van der Waals surface area (Å²) in [5.74, 6) is 0.254. The van der Waals surface area contributed by atoms with Crippen LogP contribution in [0.4, 0.5) is 0 Å². The summed E-state index contributed by atoms with van der Waals surface area (Å²) in [7, 11) is 0. The van der Waals surface area contributed by atoms with Crippen LogP contribution in [-0.2, 0) is 4.79 Å². The largest absolute Gasteiger partial charge is 0.395 e. The molecule has 0 saturated heterocycles. The number of aliphatic hydroxyl groups excluding tert-OH is 1. The van der Waals surface area contributed by atoms with Crippen LogP contribution >= 0.6 is 0 Å². The molecule has 0 aromatic rings. The van der Waals surface area contributed by atoms with E-state index in [2.05, 4.69) is 0 Å². The third-order valence-corrected chi connectivity index (χ3v) is 3.03. The Labute approximate surface area is 74.0 Å². The van der Waals surface area contributed by atoms with Crippen LogP contribution in [0, 0.1) is 5.41 Å². The van der Waals surface area contributed by atoms with Crippen molar-refractivity contribution in [3.63, 3.8) is 0 Å². The highest BCUT2D eigenvalue weighted by Gasteiger charge is 2.37. The number of carbonyl (C=O) groups is 1. The fourth-order valence-corrected chi connectivity index (χ4v) is 2.13. The molecule has 1 aliphatic rings. The Kier molecular flexibility index (Phi) is 3.27. The highest BCUT2D eigenvalue weighted by atomic mass is 16.3. The van der Waals surface area contributed by atoms with Gasteiger partial charge < -0.3 is 5.11 Å². The first-order valence-corrected chi connectivity index (χ1v) is 4.89. The third kappa shape index (κ3) is 1.69. The first-order chi connectivity index (χ1) is 5.75. The molecular weight excluding hydrogens is 152 g/mol. The number of hydrogen-bond donors (Lipinski definition) is 1. The average Bonchev–Trinajstić information content (AvgIpc) is 2.17. The molecular formula is C10H18O2. The second-order valence-corrected chi connectivity index (χ2v) is 3.78. The highest BCUT2D eigenvalue weighted by Crippen LogP contribution is 2.37. The van der Waals surface area contributed by atoms with E-state index in [-0.39, 0.29) is 17.8 Å². The number of carbonyl (C=O) groups excluding carboxylic acids is 1. The van der Waals surface area contributed by atoms with Gasteiger partial charge in [-0.05, 0) is 12.8 Å². The number of Topliss-reactive ketones (excluding diaryl/α,β-unsaturated/α-hetero) is 1. The Morgan fingerprint density at radius 1 is 1.33 bits per heavy atom. The SMILES string of the molecule is CCC(=O)C1(CO)CCCCC1. The molecule has 0 amide bonds. The van der Waals surface area contributed by atoms with Gasteiger partial charge in [-0.2, -0.15) is 0 Å². The van der Waals surface area contributed by atoms with E-state index in [1.54, 1.807) is 0 Å². The van der Waals surface area contributed by atoms with Gasteiger partial charge in [0.1, 0.15) is 5.78 Å². The second kappa shape index (κ2) is 4.04. The molecule has 0 bridgehead atoms. The smallest absolute Gasteiger partial charge is 0.141 e. The molecule has 1 rings (SSSR count). The molecule has 0 radical (unpaired) electrons. The molecule has 0 aromatic carbocycles. The minimum Gasteiger partial charge on any atom is -0.395 e. The van der Waals surface area contributed by atoms with Crippen LogP contribution in [0.15, 0.2) is 0 Å². The zero-order valence-corrected chi connectivity index (χ0v) is 7.81. The molecule has 2 nitrogen and oxygen atoms in total. The minimum atomic E-state index is -0.354. The van der Waals surface area contributed by atoms with Gasteiger partial charge in [-0.25, -0.2) is 0 Å². The molecule has 1 fully saturated rings. The summed E-state index contributed by atoms with van der Waals surface area (Å²) in [4.78, 5) is 11.6. The number of rotatable bonds is 3. The zero-order chi connectivity index (χ0) is 9.03. The van der Waals surface area contributed by atoms with Crippen molar-refractivity contribution in [3.8, 4) is 0 Å². The van der Waals surface area contributed by atoms with E-state index in [1.807, 2.05) is 6.92 Å². The Bertz CT molecular complexity index is 157. The van der Waals surface area contributed by atoms with Crippen LogP contribution in [0.1, 0.15) is 45.4 Å². The molecule has 2 heteroatoms. The van der Waals surface area contributed by atoms with Crippen LogP contribution in [0.25, 0.3) is 0 Å². The van der Waals surface area contributed by atoms with Gasteiger partial charge in [-0.1, -0.05) is 26.2 Å². The van der Waals surface area contributed by atoms with E-state index in [0.717, 1.165) is 25.7 Å². The van der Waals surface area contributed by atoms with Crippen molar-refractivity contribution in [3.05, 3.63) is 0 Å². The summed E-state index contributed by atoms with van der Waals surface area (Å²) in [6.45, 7) is 1.94. The molecule has 0 aromatic heterocycles. The van der Waals surface area contributed by atoms with Crippen molar-refractivity contribution >= 4 is 5.78 Å². The standard InChI is InChI=1S/C10H18O2/c1-2-9(12)10(8-11)6-4-3-5-7-10/h11H,2-8H2,1H3. The molecule has 0 aliphatic heterocycles. The van der Waals surface area contributed by atoms with Gasteiger partial charge in [-0.15, -0.1) is 0 Å². The summed E-state index contributed by atoms with van der Waals surface area (Å²) in [5, 5.41) is 9.22. The van der Waals surface area contributed by atoms with E-state index in [4.69, 9.17) is 0 Å². The van der Waals surface area contributed by atoms with Gasteiger partial charge in [0, 0.05) is 6.42 Å². The molecule has 0 heterocycles. The molecule has 12 heavy (non-hydrogen) atoms. The highest BCUT2D eigenvalue weighted by molar-refractivity contribution is 5.84. The maximum atomic E-state index is 11.6. The van der Waals surface area contributed by atoms with E-state index >= 15 is 0 Å². The lowest BCUT2D eigenvalue weighted by Crippen LogP contribution is -2.36. The minimum absolute atomic E-state index is 0.0552. The first-order valence-electron chi connectivity index (χ1n) is 4.89. The third-order valence-electron chi connectivity index (χ3n) is 3.03. The van der Waals surface area contributed by atoms with E-state index in [1.165, 1.54) is 6.42 Å². The molecule has 0 spiro atoms. The molecule has 1 aliphatic carbocycles. The van der Waals surface area contributed by atoms with Crippen molar-refractivity contribution in [1.82, 2.24) is 0 Å². The lowest BCUT2D eigenvalue weighted by atomic mass is 9.71. The Hall–Kier alpha value is -0.370. The van der Waals surface area contributed by atoms with Gasteiger partial charge in [0.25, 0.3) is 0 Å². The van der Waals surface area contributed by atoms with Crippen LogP contribution in [0.5, 0.6) is 0 Å². The second-order valence-electron chi connectivity index (χ2n) is 3.78. The fraction of sp³-hybridized carbons (Fsp3) is 0.900. The van der Waals surface area contributed by atoms with Crippen LogP contribution < -0.4 is 0 Å². The lowest BCUT2D eigenvalue weighted by molar-refractivity contribution is -0.133. The molecule has 0 unspecified atom stereocenters. The van der Waals surface area contributed by atoms with Crippen molar-refractivity contribution in [1.29, 1.82) is 0 Å². The van der Waals surface area contributed by atoms with Crippen molar-refractivity contribution < 1.29 is 9.90 Å². The van der Waals surface area contributed by atoms with E-state index in [0.29, 0.717) is 6.42 Å². The van der Waals surface area contributed by atoms with Gasteiger partial charge in [0.05, 0.1) is 12.0 Å². The monoisotopic (exact) mass is 170 g/mol. The van der Waals surface area contributed by atoms with Gasteiger partial charge >= 0.3 is 0 Å². The van der Waals surface area contributed by atoms with Crippen molar-refractivity contribution in [2.24, 2.45) is 5.41 Å². The van der Waals surface area contributed by atoms with Crippen molar-refractivity contribution in [2.75, 3.05) is 6.61 Å². The molecule has 0 atom stereocenters. The van der Waals surface area contributed by atoms with E-state index in [9.17, 15) is 9.90 Å². The fourth-order valence-electron chi connectivity index (χ4n) is 2.13. The van der Waals surface area contributed by atoms with Gasteiger partial charge in [-0.3, -0.25) is 4.79 Å². The van der Waals surface area contributed by atoms with Crippen LogP contribution in [-0.4, -0.2) is 17.5 Å². The molecule has 1 N–H and O–H groups in total. The predicted molar refractivity (Wildman–Crippen MR) is 47.9 cm³/mol. The van der Waals surface area contributed by atoms with E-state index < -0.39 is 0 Å². The zero-order valence-electron chi connectivity index (χ0n) is 7.81. The summed E-state index contributed by atoms with van der Waals surface area (Å²) in [6, 6.07) is 0. The quantitative estimate of drug-likeness (QED) is 0.702. The lowest BCUT2D eigenvalue weighted by Gasteiger charge is -2.33. The summed E-state index contributed by atoms with van der Waals surface area (Å²) in [6.07, 6.45) is 5.80. The summed E-state index contributed by atoms with van der Waals surface area (Å²) < 4.78 is 0. The van der Waals surface area contributed by atoms with Crippen molar-refractivity contribution in [2.45, 2.75) is 45.4 Å². The molecule has 70 valence electrons. The Morgan fingerprint density at radius 3 is 2.33 bits per heavy atom. The maximum Gasteiger partial charge on any atom is 0.141 e. The molecule has 1 saturated carbocycles. The number of hydrogen-bond acceptors (Lipinski definition) is 2. The van der Waals surface area contributed by atoms with Gasteiger partial charge in [0.15, 0.2) is 0 Å². The van der Waals surface area contributed by atoms with Crippen LogP contribution in [0.2, 0.25) is 0 Å². The first kappa shape index (κ1) is 9.72. The normalized spacial score (nSPS) is 22.2. The average molecular weight is 170 g/mol. The van der Waals surface area contributed by atoms with Crippen LogP contribution in [0.3, 0.4) is 0 Å². The number of ketones is 1. The Balaban J connectivity index is 2.66. The number of aliphatic hydroxyl groups is 1.